The smallest absolute Gasteiger partial charge is 0.265 e. The molecule has 2 saturated heterocycles. The first kappa shape index (κ1) is 36.4. The molecule has 4 aliphatic rings. The molecule has 0 radical (unpaired) electrons. The maximum Gasteiger partial charge on any atom is 0.265 e. The number of hydrogen-bond donors (Lipinski definition) is 2. The second-order valence-corrected chi connectivity index (χ2v) is 15.8. The summed E-state index contributed by atoms with van der Waals surface area (Å²) < 4.78 is 31.6. The lowest BCUT2D eigenvalue weighted by Gasteiger charge is -2.47. The van der Waals surface area contributed by atoms with Crippen molar-refractivity contribution in [2.24, 2.45) is 11.8 Å². The molecule has 14 heteroatoms. The molecule has 2 aromatic carbocycles. The molecule has 4 heterocycles. The fourth-order valence-electron chi connectivity index (χ4n) is 7.93. The Labute approximate surface area is 283 Å². The highest BCUT2D eigenvalue weighted by Gasteiger charge is 2.59. The summed E-state index contributed by atoms with van der Waals surface area (Å²) in [5, 5.41) is 23.9. The van der Waals surface area contributed by atoms with E-state index < -0.39 is 45.9 Å². The largest absolute Gasteiger partial charge is 1.00 e. The zero-order chi connectivity index (χ0) is 31.8. The first-order chi connectivity index (χ1) is 20.7. The number of halogens is 2. The number of rotatable bonds is 10. The molecule has 6 rings (SSSR count). The second kappa shape index (κ2) is 12.9. The van der Waals surface area contributed by atoms with Crippen LogP contribution in [-0.4, -0.2) is 118 Å². The highest BCUT2D eigenvalue weighted by atomic mass is 35.5. The number of piperazine rings is 1. The van der Waals surface area contributed by atoms with E-state index >= 15 is 0 Å². The van der Waals surface area contributed by atoms with Gasteiger partial charge in [-0.15, -0.1) is 0 Å². The molecule has 4 atom stereocenters. The van der Waals surface area contributed by atoms with Crippen molar-refractivity contribution in [2.45, 2.75) is 43.7 Å². The lowest BCUT2D eigenvalue weighted by Crippen LogP contribution is -3.00. The van der Waals surface area contributed by atoms with Crippen LogP contribution in [-0.2, 0) is 26.0 Å². The monoisotopic (exact) mass is 697 g/mol. The van der Waals surface area contributed by atoms with Gasteiger partial charge in [-0.2, -0.15) is 0 Å². The van der Waals surface area contributed by atoms with E-state index in [1.807, 2.05) is 12.1 Å². The molecule has 11 nitrogen and oxygen atoms in total. The predicted molar refractivity (Wildman–Crippen MR) is 163 cm³/mol. The molecule has 0 unspecified atom stereocenters. The van der Waals surface area contributed by atoms with Gasteiger partial charge in [-0.05, 0) is 35.6 Å². The molecular weight excluding hydrogens is 653 g/mol. The fourth-order valence-corrected chi connectivity index (χ4v) is 9.67. The number of aliphatic carboxylic acids is 1. The highest BCUT2D eigenvalue weighted by molar-refractivity contribution is 7.93. The third-order valence-corrected chi connectivity index (χ3v) is 12.7. The summed E-state index contributed by atoms with van der Waals surface area (Å²) in [4.78, 5) is 26.5. The minimum absolute atomic E-state index is 0. The lowest BCUT2D eigenvalue weighted by atomic mass is 9.78. The van der Waals surface area contributed by atoms with Gasteiger partial charge in [0, 0.05) is 24.1 Å². The predicted octanol–water partition coefficient (Wildman–Crippen LogP) is -6.70. The number of aliphatic hydroxyl groups excluding tert-OH is 1. The third kappa shape index (κ3) is 5.80. The number of nitrogens with zero attached hydrogens (tertiary/aromatic N) is 4. The van der Waals surface area contributed by atoms with E-state index in [1.54, 1.807) is 19.1 Å². The molecule has 0 spiro atoms. The summed E-state index contributed by atoms with van der Waals surface area (Å²) in [7, 11) is 0.629. The van der Waals surface area contributed by atoms with Crippen LogP contribution >= 0.6 is 0 Å². The summed E-state index contributed by atoms with van der Waals surface area (Å²) >= 11 is 0. The van der Waals surface area contributed by atoms with E-state index in [9.17, 15) is 28.2 Å². The van der Waals surface area contributed by atoms with Crippen LogP contribution in [0.4, 0.5) is 5.69 Å². The van der Waals surface area contributed by atoms with E-state index in [4.69, 9.17) is 0 Å². The maximum absolute atomic E-state index is 14.1. The van der Waals surface area contributed by atoms with Crippen molar-refractivity contribution in [1.29, 1.82) is 0 Å². The standard InChI is InChI=1S/C32H44N5O6S.2ClH/c1-20-24(30(32(40)41)35-29(20)27(21(2)38)31(35)39)19-34-25-8-5-7-23-17-22(18-26(28(23)25)44(34,42)43)9-12-37(4)15-13-36(3,14-16-37)11-6-10-33;;/h5,7-8,17-18,20-21,27,29,38H,6,9-16,19,33H2,1-4H3;2*1H/q+1;;/p-1/t20-,21+,27+,29+,36?,37?;;/m0../s1. The van der Waals surface area contributed by atoms with Crippen LogP contribution in [0.3, 0.4) is 0 Å². The molecule has 1 amide bonds. The fraction of sp³-hybridized carbons (Fsp3) is 0.562. The van der Waals surface area contributed by atoms with E-state index in [0.29, 0.717) is 16.6 Å². The Morgan fingerprint density at radius 3 is 2.33 bits per heavy atom. The van der Waals surface area contributed by atoms with E-state index in [-0.39, 0.29) is 42.0 Å². The Morgan fingerprint density at radius 2 is 1.74 bits per heavy atom. The molecule has 2 fully saturated rings. The molecule has 46 heavy (non-hydrogen) atoms. The second-order valence-electron chi connectivity index (χ2n) is 13.9. The Kier molecular flexibility index (Phi) is 10.2. The number of anilines is 1. The molecule has 0 aromatic heterocycles. The van der Waals surface area contributed by atoms with Crippen molar-refractivity contribution in [3.8, 4) is 0 Å². The topological polar surface area (TPSA) is 146 Å². The van der Waals surface area contributed by atoms with Crippen LogP contribution in [0.5, 0.6) is 0 Å². The number of carbonyl (C=O) groups is 2. The highest BCUT2D eigenvalue weighted by Crippen LogP contribution is 2.49. The van der Waals surface area contributed by atoms with Crippen molar-refractivity contribution in [2.75, 3.05) is 70.8 Å². The summed E-state index contributed by atoms with van der Waals surface area (Å²) in [5.41, 5.74) is 5.51. The van der Waals surface area contributed by atoms with Gasteiger partial charge >= 0.3 is 0 Å². The van der Waals surface area contributed by atoms with Crippen molar-refractivity contribution >= 4 is 38.4 Å². The summed E-state index contributed by atoms with van der Waals surface area (Å²) in [6, 6.07) is 8.83. The molecule has 0 aliphatic carbocycles. The zero-order valence-corrected chi connectivity index (χ0v) is 29.2. The number of fused-ring (bicyclic) bond motifs is 1. The lowest BCUT2D eigenvalue weighted by molar-refractivity contribution is -1.02. The van der Waals surface area contributed by atoms with Gasteiger partial charge in [-0.25, -0.2) is 8.42 Å². The number of carboxylic acids is 1. The van der Waals surface area contributed by atoms with Gasteiger partial charge in [-0.1, -0.05) is 25.1 Å². The van der Waals surface area contributed by atoms with Crippen molar-refractivity contribution in [3.05, 3.63) is 47.2 Å². The molecule has 0 bridgehead atoms. The van der Waals surface area contributed by atoms with Crippen LogP contribution in [0.2, 0.25) is 0 Å². The van der Waals surface area contributed by atoms with Crippen LogP contribution < -0.4 is 40.0 Å². The third-order valence-electron chi connectivity index (χ3n) is 10.9. The van der Waals surface area contributed by atoms with Gasteiger partial charge in [0.25, 0.3) is 10.0 Å². The molecule has 0 saturated carbocycles. The molecular formula is C32H45Cl2N5O6S. The SMILES string of the molecule is C[C@@H](O)[C@H]1C(=O)N2C(C(=O)[O-])=C(CN3c4cccc5cc(CC[N+]6(C)CC[N+](C)(CCC[NH3+])CC6)cc(c45)S3(=O)=O)[C@H](C)[C@H]12.[Cl-].[Cl-]. The first-order valence-electron chi connectivity index (χ1n) is 15.7. The van der Waals surface area contributed by atoms with E-state index in [2.05, 4.69) is 25.9 Å². The minimum Gasteiger partial charge on any atom is -1.00 e. The van der Waals surface area contributed by atoms with Crippen molar-refractivity contribution < 1.29 is 67.7 Å². The van der Waals surface area contributed by atoms with E-state index in [0.717, 1.165) is 78.6 Å². The summed E-state index contributed by atoms with van der Waals surface area (Å²) in [5.74, 6) is -3.18. The molecule has 4 aliphatic heterocycles. The van der Waals surface area contributed by atoms with Crippen LogP contribution in [0, 0.1) is 11.8 Å². The summed E-state index contributed by atoms with van der Waals surface area (Å²) in [6.07, 6.45) is 0.938. The number of carbonyl (C=O) groups excluding carboxylic acids is 2. The van der Waals surface area contributed by atoms with E-state index in [1.165, 1.54) is 16.1 Å². The number of benzene rings is 2. The number of amides is 1. The van der Waals surface area contributed by atoms with Gasteiger partial charge in [-0.3, -0.25) is 9.10 Å². The van der Waals surface area contributed by atoms with Gasteiger partial charge in [0.15, 0.2) is 0 Å². The van der Waals surface area contributed by atoms with Gasteiger partial charge in [0.05, 0.1) is 80.6 Å². The van der Waals surface area contributed by atoms with Gasteiger partial charge in [0.2, 0.25) is 5.91 Å². The maximum atomic E-state index is 14.1. The average Bonchev–Trinajstić information content (AvgIpc) is 3.34. The molecule has 254 valence electrons. The number of β-lactam (4-membered cyclic amide) rings is 1. The van der Waals surface area contributed by atoms with Gasteiger partial charge < -0.3 is 59.4 Å². The van der Waals surface area contributed by atoms with Crippen LogP contribution in [0.15, 0.2) is 46.5 Å². The number of aliphatic hydroxyl groups is 1. The molecule has 2 aromatic rings. The number of hydrogen-bond acceptors (Lipinski definition) is 6. The average molecular weight is 699 g/mol. The minimum atomic E-state index is -4.00. The molecule has 4 N–H and O–H groups in total. The van der Waals surface area contributed by atoms with Crippen LogP contribution in [0.25, 0.3) is 10.8 Å². The zero-order valence-electron chi connectivity index (χ0n) is 26.9. The van der Waals surface area contributed by atoms with Crippen LogP contribution in [0.1, 0.15) is 25.8 Å². The van der Waals surface area contributed by atoms with Crippen molar-refractivity contribution in [3.63, 3.8) is 0 Å². The number of sulfonamides is 1. The summed E-state index contributed by atoms with van der Waals surface area (Å²) in [6.45, 7) is 10.5. The Morgan fingerprint density at radius 1 is 1.11 bits per heavy atom. The number of quaternary nitrogens is 3. The Hall–Kier alpha value is -2.45. The number of likely N-dealkylation sites (N-methyl/N-ethyl adjacent to an activating group) is 2. The number of carboxylic acid groups (broad SMARTS) is 1. The van der Waals surface area contributed by atoms with Gasteiger partial charge in [0.1, 0.15) is 26.2 Å². The quantitative estimate of drug-likeness (QED) is 0.187. The Bertz CT molecular complexity index is 1670. The Balaban J connectivity index is 0.00000240. The normalized spacial score (nSPS) is 30.0. The van der Waals surface area contributed by atoms with Crippen molar-refractivity contribution in [1.82, 2.24) is 4.90 Å². The first-order valence-corrected chi connectivity index (χ1v) is 17.2.